The SMILES string of the molecule is C=CC(=O)C(C)CC.CC.CCC(=N)c1c(CO)ccnc1Nc1ccc(OC(C)(F)F)cc1. The molecule has 1 unspecified atom stereocenters. The lowest BCUT2D eigenvalue weighted by Gasteiger charge is -2.16. The van der Waals surface area contributed by atoms with Gasteiger partial charge in [0.2, 0.25) is 0 Å². The van der Waals surface area contributed by atoms with Crippen LogP contribution >= 0.6 is 0 Å². The maximum Gasteiger partial charge on any atom is 0.394 e. The number of nitrogens with zero attached hydrogens (tertiary/aromatic N) is 1. The second kappa shape index (κ2) is 15.7. The van der Waals surface area contributed by atoms with Crippen molar-refractivity contribution in [3.05, 3.63) is 60.3 Å². The van der Waals surface area contributed by atoms with Gasteiger partial charge in [-0.2, -0.15) is 8.78 Å². The first-order valence-electron chi connectivity index (χ1n) is 11.3. The Morgan fingerprint density at radius 1 is 1.26 bits per heavy atom. The van der Waals surface area contributed by atoms with Crippen molar-refractivity contribution in [3.8, 4) is 5.75 Å². The molecule has 1 heterocycles. The molecule has 0 saturated carbocycles. The summed E-state index contributed by atoms with van der Waals surface area (Å²) in [6.07, 6.45) is 1.08. The summed E-state index contributed by atoms with van der Waals surface area (Å²) in [6.45, 7) is 13.6. The van der Waals surface area contributed by atoms with E-state index in [1.165, 1.54) is 24.4 Å². The molecular formula is C26H37F2N3O3. The van der Waals surface area contributed by atoms with Gasteiger partial charge in [-0.15, -0.1) is 0 Å². The fourth-order valence-corrected chi connectivity index (χ4v) is 2.59. The molecule has 0 aliphatic heterocycles. The minimum absolute atomic E-state index is 0.0478. The Hall–Kier alpha value is -3.13. The lowest BCUT2D eigenvalue weighted by molar-refractivity contribution is -0.158. The van der Waals surface area contributed by atoms with E-state index >= 15 is 0 Å². The Bertz CT molecular complexity index is 910. The molecule has 2 rings (SSSR count). The smallest absolute Gasteiger partial charge is 0.394 e. The molecule has 0 aliphatic carbocycles. The summed E-state index contributed by atoms with van der Waals surface area (Å²) in [5.41, 5.74) is 2.10. The van der Waals surface area contributed by atoms with Gasteiger partial charge in [-0.1, -0.05) is 41.2 Å². The number of rotatable bonds is 10. The van der Waals surface area contributed by atoms with Crippen LogP contribution in [0.3, 0.4) is 0 Å². The van der Waals surface area contributed by atoms with Crippen molar-refractivity contribution < 1.29 is 23.4 Å². The average molecular weight is 478 g/mol. The standard InChI is InChI=1S/C17H19F2N3O2.C7H12O.C2H6/c1-3-14(20)15-11(10-23)8-9-21-16(15)22-12-4-6-13(7-5-12)24-17(2,18)19;1-4-6(3)7(8)5-2;1-2/h4-9,20,23H,3,10H2,1-2H3,(H,21,22);5-6H,2,4H2,1,3H3;1-2H3. The topological polar surface area (TPSA) is 95.3 Å². The van der Waals surface area contributed by atoms with E-state index in [0.717, 1.165) is 6.42 Å². The van der Waals surface area contributed by atoms with Crippen LogP contribution in [0.25, 0.3) is 0 Å². The zero-order valence-electron chi connectivity index (χ0n) is 20.9. The number of carbonyl (C=O) groups is 1. The van der Waals surface area contributed by atoms with Crippen LogP contribution in [0, 0.1) is 11.3 Å². The van der Waals surface area contributed by atoms with Crippen molar-refractivity contribution in [2.75, 3.05) is 5.32 Å². The largest absolute Gasteiger partial charge is 0.433 e. The van der Waals surface area contributed by atoms with E-state index in [2.05, 4.69) is 21.6 Å². The molecule has 0 fully saturated rings. The number of pyridine rings is 1. The summed E-state index contributed by atoms with van der Waals surface area (Å²) in [6, 6.07) is 7.65. The zero-order chi connectivity index (χ0) is 26.3. The lowest BCUT2D eigenvalue weighted by atomic mass is 10.0. The van der Waals surface area contributed by atoms with Gasteiger partial charge in [0, 0.05) is 36.0 Å². The van der Waals surface area contributed by atoms with Gasteiger partial charge in [-0.3, -0.25) is 4.79 Å². The second-order valence-corrected chi connectivity index (χ2v) is 7.16. The molecule has 6 nitrogen and oxygen atoms in total. The Balaban J connectivity index is 0.000000924. The molecule has 8 heteroatoms. The Labute approximate surface area is 201 Å². The van der Waals surface area contributed by atoms with Gasteiger partial charge in [0.15, 0.2) is 5.78 Å². The van der Waals surface area contributed by atoms with Crippen LogP contribution in [0.15, 0.2) is 49.2 Å². The van der Waals surface area contributed by atoms with Crippen molar-refractivity contribution >= 4 is 23.0 Å². The van der Waals surface area contributed by atoms with E-state index in [4.69, 9.17) is 5.41 Å². The number of hydrogen-bond donors (Lipinski definition) is 3. The summed E-state index contributed by atoms with van der Waals surface area (Å²) < 4.78 is 30.1. The van der Waals surface area contributed by atoms with Gasteiger partial charge in [-0.05, 0) is 54.8 Å². The molecule has 3 N–H and O–H groups in total. The van der Waals surface area contributed by atoms with E-state index in [1.54, 1.807) is 18.2 Å². The fourth-order valence-electron chi connectivity index (χ4n) is 2.59. The first-order chi connectivity index (χ1) is 16.1. The predicted octanol–water partition coefficient (Wildman–Crippen LogP) is 6.90. The maximum atomic E-state index is 12.8. The molecule has 0 amide bonds. The van der Waals surface area contributed by atoms with E-state index in [0.29, 0.717) is 41.7 Å². The molecule has 34 heavy (non-hydrogen) atoms. The van der Waals surface area contributed by atoms with Crippen molar-refractivity contribution in [1.82, 2.24) is 4.98 Å². The van der Waals surface area contributed by atoms with Gasteiger partial charge < -0.3 is 20.6 Å². The number of anilines is 2. The molecule has 188 valence electrons. The number of ketones is 1. The molecule has 0 aliphatic rings. The highest BCUT2D eigenvalue weighted by Gasteiger charge is 2.23. The Morgan fingerprint density at radius 2 is 1.85 bits per heavy atom. The molecular weight excluding hydrogens is 440 g/mol. The third-order valence-electron chi connectivity index (χ3n) is 4.58. The summed E-state index contributed by atoms with van der Waals surface area (Å²) in [5, 5.41) is 20.6. The Morgan fingerprint density at radius 3 is 2.26 bits per heavy atom. The molecule has 0 saturated heterocycles. The van der Waals surface area contributed by atoms with Gasteiger partial charge >= 0.3 is 6.11 Å². The number of aromatic nitrogens is 1. The third-order valence-corrected chi connectivity index (χ3v) is 4.58. The summed E-state index contributed by atoms with van der Waals surface area (Å²) in [4.78, 5) is 14.8. The third kappa shape index (κ3) is 10.7. The first-order valence-corrected chi connectivity index (χ1v) is 11.3. The van der Waals surface area contributed by atoms with E-state index < -0.39 is 6.11 Å². The van der Waals surface area contributed by atoms with Gasteiger partial charge in [0.1, 0.15) is 11.6 Å². The van der Waals surface area contributed by atoms with E-state index in [1.807, 2.05) is 34.6 Å². The number of aliphatic hydroxyl groups is 1. The van der Waals surface area contributed by atoms with Crippen molar-refractivity contribution in [3.63, 3.8) is 0 Å². The number of benzene rings is 1. The van der Waals surface area contributed by atoms with Gasteiger partial charge in [-0.25, -0.2) is 4.98 Å². The van der Waals surface area contributed by atoms with E-state index in [-0.39, 0.29) is 24.1 Å². The second-order valence-electron chi connectivity index (χ2n) is 7.16. The molecule has 0 bridgehead atoms. The molecule has 2 aromatic rings. The summed E-state index contributed by atoms with van der Waals surface area (Å²) >= 11 is 0. The fraction of sp³-hybridized carbons (Fsp3) is 0.423. The number of nitrogens with one attached hydrogen (secondary N) is 2. The quantitative estimate of drug-likeness (QED) is 0.255. The molecule has 1 aromatic carbocycles. The van der Waals surface area contributed by atoms with Gasteiger partial charge in [0.05, 0.1) is 6.61 Å². The number of halogens is 2. The number of aliphatic hydroxyl groups excluding tert-OH is 1. The molecule has 0 radical (unpaired) electrons. The first kappa shape index (κ1) is 30.9. The van der Waals surface area contributed by atoms with Crippen LogP contribution in [0.2, 0.25) is 0 Å². The monoisotopic (exact) mass is 477 g/mol. The highest BCUT2D eigenvalue weighted by Crippen LogP contribution is 2.26. The van der Waals surface area contributed by atoms with Gasteiger partial charge in [0.25, 0.3) is 0 Å². The Kier molecular flexibility index (Phi) is 14.2. The molecule has 1 aromatic heterocycles. The van der Waals surface area contributed by atoms with Crippen molar-refractivity contribution in [2.24, 2.45) is 5.92 Å². The average Bonchev–Trinajstić information content (AvgIpc) is 2.84. The van der Waals surface area contributed by atoms with Crippen molar-refractivity contribution in [2.45, 2.75) is 67.1 Å². The molecule has 1 atom stereocenters. The normalized spacial score (nSPS) is 11.1. The van der Waals surface area contributed by atoms with E-state index in [9.17, 15) is 18.7 Å². The van der Waals surface area contributed by atoms with Crippen LogP contribution in [0.5, 0.6) is 5.75 Å². The highest BCUT2D eigenvalue weighted by molar-refractivity contribution is 6.03. The number of allylic oxidation sites excluding steroid dienone is 1. The zero-order valence-corrected chi connectivity index (χ0v) is 20.9. The number of hydrogen-bond acceptors (Lipinski definition) is 6. The molecule has 0 spiro atoms. The van der Waals surface area contributed by atoms with Crippen LogP contribution in [-0.4, -0.2) is 27.7 Å². The summed E-state index contributed by atoms with van der Waals surface area (Å²) in [7, 11) is 0. The summed E-state index contributed by atoms with van der Waals surface area (Å²) in [5.74, 6) is 0.787. The maximum absolute atomic E-state index is 12.8. The minimum Gasteiger partial charge on any atom is -0.433 e. The van der Waals surface area contributed by atoms with Crippen LogP contribution in [0.4, 0.5) is 20.3 Å². The van der Waals surface area contributed by atoms with Crippen LogP contribution in [-0.2, 0) is 11.4 Å². The number of carbonyl (C=O) groups excluding carboxylic acids is 1. The van der Waals surface area contributed by atoms with Crippen molar-refractivity contribution in [1.29, 1.82) is 5.41 Å². The lowest BCUT2D eigenvalue weighted by Crippen LogP contribution is -2.18. The van der Waals surface area contributed by atoms with Crippen LogP contribution < -0.4 is 10.1 Å². The highest BCUT2D eigenvalue weighted by atomic mass is 19.3. The predicted molar refractivity (Wildman–Crippen MR) is 134 cm³/mol. The number of alkyl halides is 2. The van der Waals surface area contributed by atoms with Crippen LogP contribution in [0.1, 0.15) is 65.5 Å². The number of ether oxygens (including phenoxy) is 1. The minimum atomic E-state index is -3.24.